The van der Waals surface area contributed by atoms with Crippen molar-refractivity contribution >= 4 is 22.4 Å². The molecule has 2 aromatic heterocycles. The first-order chi connectivity index (χ1) is 13.7. The minimum atomic E-state index is -0.189. The van der Waals surface area contributed by atoms with Crippen molar-refractivity contribution in [3.05, 3.63) is 59.2 Å². The van der Waals surface area contributed by atoms with Crippen molar-refractivity contribution in [3.8, 4) is 17.0 Å². The Morgan fingerprint density at radius 1 is 1.21 bits per heavy atom. The topological polar surface area (TPSA) is 76.1 Å². The molecule has 144 valence electrons. The van der Waals surface area contributed by atoms with Crippen LogP contribution in [-0.2, 0) is 0 Å². The van der Waals surface area contributed by atoms with Gasteiger partial charge in [0, 0.05) is 28.4 Å². The zero-order chi connectivity index (χ0) is 19.3. The normalized spacial score (nSPS) is 14.6. The number of carbonyl (C=O) groups excluding carboxylic acids is 1. The summed E-state index contributed by atoms with van der Waals surface area (Å²) in [7, 11) is 1.61. The number of benzene rings is 1. The Hall–Kier alpha value is -2.77. The number of piperidine rings is 1. The SMILES string of the molecule is COc1ccc(C(=O)Nc2ncc(C3CCNCC3)s2)cc1-c1ccccn1. The molecule has 1 aromatic carbocycles. The molecular weight excluding hydrogens is 372 g/mol. The molecule has 3 aromatic rings. The fraction of sp³-hybridized carbons (Fsp3) is 0.286. The molecule has 0 unspecified atom stereocenters. The standard InChI is InChI=1S/C21H22N4O2S/c1-27-18-6-5-15(12-16(18)17-4-2-3-9-23-17)20(26)25-21-24-13-19(28-21)14-7-10-22-11-8-14/h2-6,9,12-14,22H,7-8,10-11H2,1H3,(H,24,25,26). The lowest BCUT2D eigenvalue weighted by Gasteiger charge is -2.20. The minimum absolute atomic E-state index is 0.189. The van der Waals surface area contributed by atoms with Crippen LogP contribution in [0.15, 0.2) is 48.8 Å². The van der Waals surface area contributed by atoms with E-state index in [1.54, 1.807) is 42.8 Å². The van der Waals surface area contributed by atoms with Gasteiger partial charge in [0.05, 0.1) is 12.8 Å². The first-order valence-corrected chi connectivity index (χ1v) is 10.1. The molecule has 1 saturated heterocycles. The monoisotopic (exact) mass is 394 g/mol. The third kappa shape index (κ3) is 4.05. The maximum Gasteiger partial charge on any atom is 0.257 e. The van der Waals surface area contributed by atoms with E-state index in [9.17, 15) is 4.79 Å². The van der Waals surface area contributed by atoms with Crippen LogP contribution in [0, 0.1) is 0 Å². The van der Waals surface area contributed by atoms with E-state index in [1.807, 2.05) is 24.4 Å². The zero-order valence-electron chi connectivity index (χ0n) is 15.6. The highest BCUT2D eigenvalue weighted by atomic mass is 32.1. The molecule has 0 saturated carbocycles. The molecule has 0 aliphatic carbocycles. The first kappa shape index (κ1) is 18.6. The van der Waals surface area contributed by atoms with Crippen molar-refractivity contribution in [1.82, 2.24) is 15.3 Å². The predicted molar refractivity (Wildman–Crippen MR) is 111 cm³/mol. The number of hydrogen-bond acceptors (Lipinski definition) is 6. The molecule has 0 spiro atoms. The molecule has 1 aliphatic heterocycles. The van der Waals surface area contributed by atoms with Crippen molar-refractivity contribution in [1.29, 1.82) is 0 Å². The van der Waals surface area contributed by atoms with E-state index in [0.29, 0.717) is 22.4 Å². The lowest BCUT2D eigenvalue weighted by atomic mass is 9.97. The van der Waals surface area contributed by atoms with Gasteiger partial charge in [0.15, 0.2) is 5.13 Å². The molecule has 0 bridgehead atoms. The van der Waals surface area contributed by atoms with Crippen LogP contribution in [0.4, 0.5) is 5.13 Å². The second kappa shape index (κ2) is 8.50. The van der Waals surface area contributed by atoms with Crippen LogP contribution in [0.5, 0.6) is 5.75 Å². The molecule has 2 N–H and O–H groups in total. The van der Waals surface area contributed by atoms with Crippen LogP contribution in [0.1, 0.15) is 34.0 Å². The third-order valence-corrected chi connectivity index (χ3v) is 5.96. The second-order valence-corrected chi connectivity index (χ2v) is 7.74. The van der Waals surface area contributed by atoms with Crippen molar-refractivity contribution < 1.29 is 9.53 Å². The third-order valence-electron chi connectivity index (χ3n) is 4.89. The zero-order valence-corrected chi connectivity index (χ0v) is 16.5. The van der Waals surface area contributed by atoms with Crippen molar-refractivity contribution in [2.75, 3.05) is 25.5 Å². The highest BCUT2D eigenvalue weighted by molar-refractivity contribution is 7.15. The summed E-state index contributed by atoms with van der Waals surface area (Å²) in [5, 5.41) is 6.93. The van der Waals surface area contributed by atoms with Crippen LogP contribution in [0.3, 0.4) is 0 Å². The summed E-state index contributed by atoms with van der Waals surface area (Å²) >= 11 is 1.56. The summed E-state index contributed by atoms with van der Waals surface area (Å²) in [6.07, 6.45) is 5.84. The second-order valence-electron chi connectivity index (χ2n) is 6.68. The fourth-order valence-corrected chi connectivity index (χ4v) is 4.36. The van der Waals surface area contributed by atoms with Gasteiger partial charge in [-0.2, -0.15) is 0 Å². The quantitative estimate of drug-likeness (QED) is 0.686. The fourth-order valence-electron chi connectivity index (χ4n) is 3.38. The molecule has 7 heteroatoms. The molecule has 1 aliphatic rings. The van der Waals surface area contributed by atoms with Gasteiger partial charge in [0.1, 0.15) is 5.75 Å². The summed E-state index contributed by atoms with van der Waals surface area (Å²) in [6.45, 7) is 2.07. The Kier molecular flexibility index (Phi) is 5.64. The van der Waals surface area contributed by atoms with Crippen LogP contribution >= 0.6 is 11.3 Å². The number of thiazole rings is 1. The van der Waals surface area contributed by atoms with Gasteiger partial charge < -0.3 is 10.1 Å². The number of nitrogens with one attached hydrogen (secondary N) is 2. The van der Waals surface area contributed by atoms with Gasteiger partial charge in [-0.15, -0.1) is 11.3 Å². The van der Waals surface area contributed by atoms with E-state index >= 15 is 0 Å². The maximum absolute atomic E-state index is 12.8. The molecule has 0 radical (unpaired) electrons. The number of amides is 1. The summed E-state index contributed by atoms with van der Waals surface area (Å²) in [6, 6.07) is 11.0. The van der Waals surface area contributed by atoms with Gasteiger partial charge in [0.25, 0.3) is 5.91 Å². The summed E-state index contributed by atoms with van der Waals surface area (Å²) in [4.78, 5) is 22.8. The van der Waals surface area contributed by atoms with E-state index in [1.165, 1.54) is 4.88 Å². The predicted octanol–water partition coefficient (Wildman–Crippen LogP) is 3.93. The van der Waals surface area contributed by atoms with E-state index in [4.69, 9.17) is 4.74 Å². The lowest BCUT2D eigenvalue weighted by molar-refractivity contribution is 0.102. The number of carbonyl (C=O) groups is 1. The number of aromatic nitrogens is 2. The van der Waals surface area contributed by atoms with Gasteiger partial charge in [-0.25, -0.2) is 4.98 Å². The van der Waals surface area contributed by atoms with Gasteiger partial charge in [0.2, 0.25) is 0 Å². The van der Waals surface area contributed by atoms with Crippen LogP contribution < -0.4 is 15.4 Å². The Bertz CT molecular complexity index is 952. The maximum atomic E-state index is 12.8. The van der Waals surface area contributed by atoms with Crippen LogP contribution in [0.25, 0.3) is 11.3 Å². The van der Waals surface area contributed by atoms with E-state index in [0.717, 1.165) is 37.2 Å². The number of pyridine rings is 1. The number of ether oxygens (including phenoxy) is 1. The molecular formula is C21H22N4O2S. The highest BCUT2D eigenvalue weighted by Gasteiger charge is 2.19. The number of anilines is 1. The van der Waals surface area contributed by atoms with E-state index in [2.05, 4.69) is 20.6 Å². The Morgan fingerprint density at radius 2 is 2.07 bits per heavy atom. The number of rotatable bonds is 5. The average Bonchev–Trinajstić information content (AvgIpc) is 3.23. The van der Waals surface area contributed by atoms with Gasteiger partial charge in [-0.1, -0.05) is 6.07 Å². The molecule has 4 rings (SSSR count). The molecule has 3 heterocycles. The van der Waals surface area contributed by atoms with Gasteiger partial charge in [-0.05, 0) is 62.2 Å². The van der Waals surface area contributed by atoms with Crippen molar-refractivity contribution in [3.63, 3.8) is 0 Å². The number of nitrogens with zero attached hydrogens (tertiary/aromatic N) is 2. The Morgan fingerprint density at radius 3 is 2.82 bits per heavy atom. The van der Waals surface area contributed by atoms with E-state index < -0.39 is 0 Å². The van der Waals surface area contributed by atoms with Crippen molar-refractivity contribution in [2.24, 2.45) is 0 Å². The lowest BCUT2D eigenvalue weighted by Crippen LogP contribution is -2.26. The highest BCUT2D eigenvalue weighted by Crippen LogP contribution is 2.33. The summed E-state index contributed by atoms with van der Waals surface area (Å²) < 4.78 is 5.44. The smallest absolute Gasteiger partial charge is 0.257 e. The molecule has 1 fully saturated rings. The van der Waals surface area contributed by atoms with E-state index in [-0.39, 0.29) is 5.91 Å². The van der Waals surface area contributed by atoms with Gasteiger partial charge >= 0.3 is 0 Å². The Balaban J connectivity index is 1.53. The Labute approximate surface area is 168 Å². The minimum Gasteiger partial charge on any atom is -0.496 e. The van der Waals surface area contributed by atoms with Crippen molar-refractivity contribution in [2.45, 2.75) is 18.8 Å². The molecule has 28 heavy (non-hydrogen) atoms. The molecule has 6 nitrogen and oxygen atoms in total. The number of methoxy groups -OCH3 is 1. The number of hydrogen-bond donors (Lipinski definition) is 2. The molecule has 1 amide bonds. The molecule has 0 atom stereocenters. The first-order valence-electron chi connectivity index (χ1n) is 9.32. The summed E-state index contributed by atoms with van der Waals surface area (Å²) in [5.41, 5.74) is 2.08. The van der Waals surface area contributed by atoms with Gasteiger partial charge in [-0.3, -0.25) is 15.1 Å². The van der Waals surface area contributed by atoms with Crippen LogP contribution in [0.2, 0.25) is 0 Å². The average molecular weight is 395 g/mol. The largest absolute Gasteiger partial charge is 0.496 e. The van der Waals surface area contributed by atoms with Crippen LogP contribution in [-0.4, -0.2) is 36.1 Å². The summed E-state index contributed by atoms with van der Waals surface area (Å²) in [5.74, 6) is 1.02.